The number of aliphatic carboxylic acids is 1. The Labute approximate surface area is 289 Å². The van der Waals surface area contributed by atoms with Crippen LogP contribution in [0.3, 0.4) is 0 Å². The van der Waals surface area contributed by atoms with E-state index in [1.54, 1.807) is 12.1 Å². The molecule has 0 aromatic heterocycles. The summed E-state index contributed by atoms with van der Waals surface area (Å²) < 4.78 is 47.1. The first kappa shape index (κ1) is 38.4. The number of carboxylic acid groups (broad SMARTS) is 1. The van der Waals surface area contributed by atoms with Crippen molar-refractivity contribution in [2.24, 2.45) is 5.73 Å². The normalized spacial score (nSPS) is 19.6. The second-order valence-electron chi connectivity index (χ2n) is 13.4. The van der Waals surface area contributed by atoms with Gasteiger partial charge in [0.05, 0.1) is 27.2 Å². The number of carbonyl (C=O) groups excluding carboxylic acids is 3. The molecule has 0 bridgehead atoms. The van der Waals surface area contributed by atoms with E-state index < -0.39 is 12.1 Å². The van der Waals surface area contributed by atoms with E-state index in [0.717, 1.165) is 61.5 Å². The third-order valence-electron chi connectivity index (χ3n) is 9.00. The number of nitrogens with two attached hydrogens (primary N) is 1. The van der Waals surface area contributed by atoms with Crippen molar-refractivity contribution in [1.82, 2.24) is 20.4 Å². The van der Waals surface area contributed by atoms with Gasteiger partial charge in [-0.15, -0.1) is 0 Å². The highest BCUT2D eigenvalue weighted by Gasteiger charge is 2.39. The van der Waals surface area contributed by atoms with Gasteiger partial charge in [0.25, 0.3) is 11.8 Å². The van der Waals surface area contributed by atoms with Crippen molar-refractivity contribution in [2.75, 3.05) is 53.4 Å². The quantitative estimate of drug-likeness (QED) is 0.231. The molecule has 3 aromatic carbocycles. The first-order valence-electron chi connectivity index (χ1n) is 16.3. The summed E-state index contributed by atoms with van der Waals surface area (Å²) in [5, 5.41) is 15.2. The summed E-state index contributed by atoms with van der Waals surface area (Å²) in [5.74, 6) is -3.77. The number of carbonyl (C=O) groups is 3. The topological polar surface area (TPSA) is 131 Å². The maximum atomic E-state index is 15.0. The molecule has 2 atom stereocenters. The molecule has 2 heterocycles. The van der Waals surface area contributed by atoms with E-state index in [9.17, 15) is 27.2 Å². The Morgan fingerprint density at radius 1 is 0.940 bits per heavy atom. The van der Waals surface area contributed by atoms with Crippen LogP contribution in [-0.2, 0) is 29.2 Å². The Balaban J connectivity index is 0.000000727. The van der Waals surface area contributed by atoms with E-state index in [-0.39, 0.29) is 30.2 Å². The van der Waals surface area contributed by atoms with Crippen molar-refractivity contribution in [2.45, 2.75) is 44.8 Å². The number of primary amides is 1. The maximum Gasteiger partial charge on any atom is 0.430 e. The Kier molecular flexibility index (Phi) is 12.7. The number of halogens is 4. The molecule has 50 heavy (non-hydrogen) atoms. The molecule has 10 nitrogen and oxygen atoms in total. The minimum atomic E-state index is -5.19. The number of carboxylic acids is 1. The zero-order valence-electron chi connectivity index (χ0n) is 28.4. The van der Waals surface area contributed by atoms with E-state index in [2.05, 4.69) is 39.5 Å². The van der Waals surface area contributed by atoms with Gasteiger partial charge >= 0.3 is 6.18 Å². The third-order valence-corrected chi connectivity index (χ3v) is 9.00. The molecule has 270 valence electrons. The van der Waals surface area contributed by atoms with Crippen LogP contribution in [0, 0.1) is 5.82 Å². The molecule has 2 saturated heterocycles. The SMILES string of the molecule is C[C@H]1CN(Cc2cccc(-c3cc(CNC(=O)c4cccc(CN5CC[N+](C)(C)C(C(N)=O)C5)c4)ccc3F)c2)CCN1.O=C([O-])C(F)(F)F. The highest BCUT2D eigenvalue weighted by atomic mass is 19.4. The predicted octanol–water partition coefficient (Wildman–Crippen LogP) is 2.26. The highest BCUT2D eigenvalue weighted by molar-refractivity contribution is 5.94. The van der Waals surface area contributed by atoms with E-state index in [4.69, 9.17) is 15.6 Å². The first-order valence-corrected chi connectivity index (χ1v) is 16.3. The van der Waals surface area contributed by atoms with Crippen molar-refractivity contribution in [3.8, 4) is 11.1 Å². The summed E-state index contributed by atoms with van der Waals surface area (Å²) in [6.45, 7) is 9.16. The minimum Gasteiger partial charge on any atom is -0.542 e. The fourth-order valence-corrected chi connectivity index (χ4v) is 6.20. The second-order valence-corrected chi connectivity index (χ2v) is 13.4. The Bertz CT molecular complexity index is 1670. The van der Waals surface area contributed by atoms with Crippen LogP contribution < -0.4 is 21.5 Å². The van der Waals surface area contributed by atoms with Gasteiger partial charge in [-0.2, -0.15) is 13.2 Å². The molecule has 5 rings (SSSR count). The van der Waals surface area contributed by atoms with Crippen LogP contribution in [-0.4, -0.2) is 104 Å². The number of nitrogens with one attached hydrogen (secondary N) is 2. The van der Waals surface area contributed by atoms with Crippen LogP contribution in [0.5, 0.6) is 0 Å². The van der Waals surface area contributed by atoms with Crippen molar-refractivity contribution in [3.63, 3.8) is 0 Å². The molecular weight excluding hydrogens is 656 g/mol. The van der Waals surface area contributed by atoms with Gasteiger partial charge in [-0.1, -0.05) is 36.4 Å². The van der Waals surface area contributed by atoms with Gasteiger partial charge in [-0.25, -0.2) is 4.39 Å². The van der Waals surface area contributed by atoms with Crippen LogP contribution in [0.2, 0.25) is 0 Å². The Morgan fingerprint density at radius 2 is 1.58 bits per heavy atom. The number of quaternary nitrogens is 1. The predicted molar refractivity (Wildman–Crippen MR) is 178 cm³/mol. The molecule has 3 aromatic rings. The summed E-state index contributed by atoms with van der Waals surface area (Å²) in [7, 11) is 4.07. The zero-order valence-corrected chi connectivity index (χ0v) is 28.4. The van der Waals surface area contributed by atoms with E-state index in [1.165, 1.54) is 6.07 Å². The van der Waals surface area contributed by atoms with Crippen LogP contribution >= 0.6 is 0 Å². The molecule has 2 aliphatic rings. The number of amides is 2. The lowest BCUT2D eigenvalue weighted by molar-refractivity contribution is -0.910. The molecule has 0 radical (unpaired) electrons. The number of rotatable bonds is 9. The van der Waals surface area contributed by atoms with Gasteiger partial charge in [0.15, 0.2) is 6.04 Å². The van der Waals surface area contributed by atoms with Crippen molar-refractivity contribution in [1.29, 1.82) is 0 Å². The molecule has 0 saturated carbocycles. The summed E-state index contributed by atoms with van der Waals surface area (Å²) in [5.41, 5.74) is 10.6. The van der Waals surface area contributed by atoms with Crippen LogP contribution in [0.25, 0.3) is 11.1 Å². The molecule has 4 N–H and O–H groups in total. The standard InChI is InChI=1S/C34H43FN6O2.C2HF3O2/c1-24-20-39(13-12-37-24)21-26-6-4-8-28(16-26)30-18-25(10-11-31(30)35)19-38-34(43)29-9-5-7-27(17-29)22-40-14-15-41(2,3)32(23-40)33(36)42;3-2(4,5)1(6)7/h4-11,16-18,24,32,37H,12-15,19-23H2,1-3H3,(H2-,36,38,42,43);(H,6,7)/t24-,32?;/m0./s1. The smallest absolute Gasteiger partial charge is 0.430 e. The molecule has 2 fully saturated rings. The summed E-state index contributed by atoms with van der Waals surface area (Å²) in [6.07, 6.45) is -5.19. The van der Waals surface area contributed by atoms with Gasteiger partial charge in [0.1, 0.15) is 11.8 Å². The molecule has 14 heteroatoms. The molecule has 2 amide bonds. The van der Waals surface area contributed by atoms with Crippen LogP contribution in [0.1, 0.15) is 34.0 Å². The summed E-state index contributed by atoms with van der Waals surface area (Å²) in [6, 6.07) is 20.8. The second kappa shape index (κ2) is 16.6. The van der Waals surface area contributed by atoms with E-state index in [1.807, 2.05) is 50.5 Å². The number of likely N-dealkylation sites (N-methyl/N-ethyl adjacent to an activating group) is 1. The summed E-state index contributed by atoms with van der Waals surface area (Å²) >= 11 is 0. The largest absolute Gasteiger partial charge is 0.542 e. The Hall–Kier alpha value is -4.37. The minimum absolute atomic E-state index is 0.188. The average Bonchev–Trinajstić information content (AvgIpc) is 3.05. The molecule has 0 spiro atoms. The van der Waals surface area contributed by atoms with Gasteiger partial charge in [0.2, 0.25) is 0 Å². The fourth-order valence-electron chi connectivity index (χ4n) is 6.20. The van der Waals surface area contributed by atoms with E-state index in [0.29, 0.717) is 34.7 Å². The molecule has 1 unspecified atom stereocenters. The number of piperazine rings is 2. The monoisotopic (exact) mass is 700 g/mol. The Morgan fingerprint density at radius 3 is 2.22 bits per heavy atom. The lowest BCUT2D eigenvalue weighted by atomic mass is 10.00. The zero-order chi connectivity index (χ0) is 36.6. The average molecular weight is 701 g/mol. The van der Waals surface area contributed by atoms with Gasteiger partial charge in [0, 0.05) is 63.0 Å². The van der Waals surface area contributed by atoms with Gasteiger partial charge < -0.3 is 30.8 Å². The van der Waals surface area contributed by atoms with E-state index >= 15 is 0 Å². The molecular formula is C36H44F4N6O4. The van der Waals surface area contributed by atoms with Gasteiger partial charge in [-0.05, 0) is 59.5 Å². The number of alkyl halides is 3. The summed E-state index contributed by atoms with van der Waals surface area (Å²) in [4.78, 5) is 38.5. The lowest BCUT2D eigenvalue weighted by Gasteiger charge is -2.44. The number of nitrogens with zero attached hydrogens (tertiary/aromatic N) is 3. The van der Waals surface area contributed by atoms with Crippen molar-refractivity contribution >= 4 is 17.8 Å². The molecule has 0 aliphatic carbocycles. The van der Waals surface area contributed by atoms with Crippen molar-refractivity contribution in [3.05, 3.63) is 94.8 Å². The van der Waals surface area contributed by atoms with Crippen LogP contribution in [0.15, 0.2) is 66.7 Å². The third kappa shape index (κ3) is 10.8. The highest BCUT2D eigenvalue weighted by Crippen LogP contribution is 2.26. The van der Waals surface area contributed by atoms with Crippen molar-refractivity contribution < 1.29 is 41.5 Å². The lowest BCUT2D eigenvalue weighted by Crippen LogP contribution is -2.65. The maximum absolute atomic E-state index is 15.0. The van der Waals surface area contributed by atoms with Crippen LogP contribution in [0.4, 0.5) is 17.6 Å². The number of hydrogen-bond acceptors (Lipinski definition) is 7. The number of hydrogen-bond donors (Lipinski definition) is 3. The fraction of sp³-hybridized carbons (Fsp3) is 0.417. The first-order chi connectivity index (χ1) is 23.5. The number of benzene rings is 3. The van der Waals surface area contributed by atoms with Gasteiger partial charge in [-0.3, -0.25) is 19.4 Å². The molecule has 2 aliphatic heterocycles.